The van der Waals surface area contributed by atoms with E-state index < -0.39 is 15.8 Å². The maximum Gasteiger partial charge on any atom is 0.286 e. The van der Waals surface area contributed by atoms with E-state index in [0.29, 0.717) is 34.8 Å². The highest BCUT2D eigenvalue weighted by Crippen LogP contribution is 2.33. The molecule has 1 amide bonds. The predicted molar refractivity (Wildman–Crippen MR) is 123 cm³/mol. The summed E-state index contributed by atoms with van der Waals surface area (Å²) in [5.74, 6) is -0.244. The fourth-order valence-corrected chi connectivity index (χ4v) is 6.30. The summed E-state index contributed by atoms with van der Waals surface area (Å²) in [5, 5.41) is 11.9. The highest BCUT2D eigenvalue weighted by Gasteiger charge is 2.32. The molecule has 2 aromatic carbocycles. The summed E-state index contributed by atoms with van der Waals surface area (Å²) in [6.45, 7) is 2.23. The summed E-state index contributed by atoms with van der Waals surface area (Å²) in [4.78, 5) is 12.5. The fourth-order valence-electron chi connectivity index (χ4n) is 3.68. The van der Waals surface area contributed by atoms with Gasteiger partial charge in [0, 0.05) is 24.7 Å². The number of amides is 1. The zero-order valence-corrected chi connectivity index (χ0v) is 19.7. The third-order valence-electron chi connectivity index (χ3n) is 5.55. The molecule has 3 aromatic rings. The number of carbonyl (C=O) groups is 1. The van der Waals surface area contributed by atoms with Gasteiger partial charge >= 0.3 is 0 Å². The highest BCUT2D eigenvalue weighted by molar-refractivity contribution is 7.89. The number of aryl methyl sites for hydroxylation is 1. The topological polar surface area (TPSA) is 101 Å². The third-order valence-corrected chi connectivity index (χ3v) is 8.68. The van der Waals surface area contributed by atoms with Gasteiger partial charge in [0.1, 0.15) is 16.6 Å². The molecule has 0 atom stereocenters. The van der Waals surface area contributed by atoms with E-state index in [1.165, 1.54) is 27.8 Å². The lowest BCUT2D eigenvalue weighted by molar-refractivity contribution is 0.102. The molecule has 0 saturated carbocycles. The van der Waals surface area contributed by atoms with Gasteiger partial charge in [-0.15, -0.1) is 10.2 Å². The Kier molecular flexibility index (Phi) is 6.73. The molecule has 174 valence electrons. The molecule has 33 heavy (non-hydrogen) atoms. The SMILES string of the molecule is COc1ccc(NC(=O)c2nnc(C3CCN(S(=O)(=O)c4cc(F)ccc4C)CC3)s2)cc1. The minimum atomic E-state index is -3.78. The van der Waals surface area contributed by atoms with Crippen molar-refractivity contribution in [2.45, 2.75) is 30.6 Å². The van der Waals surface area contributed by atoms with Gasteiger partial charge in [-0.2, -0.15) is 4.31 Å². The van der Waals surface area contributed by atoms with E-state index in [2.05, 4.69) is 15.5 Å². The van der Waals surface area contributed by atoms with Crippen LogP contribution in [0.1, 0.15) is 39.1 Å². The number of nitrogens with one attached hydrogen (secondary N) is 1. The standard InChI is InChI=1S/C22H23FN4O4S2/c1-14-3-4-16(23)13-19(14)33(29,30)27-11-9-15(10-12-27)21-25-26-22(32-21)20(28)24-17-5-7-18(31-2)8-6-17/h3-8,13,15H,9-12H2,1-2H3,(H,24,28). The number of aromatic nitrogens is 2. The quantitative estimate of drug-likeness (QED) is 0.564. The van der Waals surface area contributed by atoms with E-state index in [-0.39, 0.29) is 34.8 Å². The number of ether oxygens (including phenoxy) is 1. The Morgan fingerprint density at radius 1 is 1.15 bits per heavy atom. The van der Waals surface area contributed by atoms with Gasteiger partial charge in [0.05, 0.1) is 12.0 Å². The molecular formula is C22H23FN4O4S2. The van der Waals surface area contributed by atoms with Crippen LogP contribution in [0.4, 0.5) is 10.1 Å². The molecule has 1 N–H and O–H groups in total. The second-order valence-electron chi connectivity index (χ2n) is 7.72. The lowest BCUT2D eigenvalue weighted by Crippen LogP contribution is -2.38. The number of hydrogen-bond donors (Lipinski definition) is 1. The van der Waals surface area contributed by atoms with Gasteiger partial charge in [0.2, 0.25) is 15.0 Å². The number of halogens is 1. The van der Waals surface area contributed by atoms with E-state index in [0.717, 1.165) is 6.07 Å². The number of methoxy groups -OCH3 is 1. The summed E-state index contributed by atoms with van der Waals surface area (Å²) < 4.78 is 46.1. The van der Waals surface area contributed by atoms with Crippen LogP contribution in [-0.2, 0) is 10.0 Å². The van der Waals surface area contributed by atoms with Crippen LogP contribution in [0.5, 0.6) is 5.75 Å². The van der Waals surface area contributed by atoms with E-state index >= 15 is 0 Å². The van der Waals surface area contributed by atoms with Crippen LogP contribution in [0.15, 0.2) is 47.4 Å². The van der Waals surface area contributed by atoms with Crippen LogP contribution < -0.4 is 10.1 Å². The fraction of sp³-hybridized carbons (Fsp3) is 0.318. The lowest BCUT2D eigenvalue weighted by Gasteiger charge is -2.30. The predicted octanol–water partition coefficient (Wildman–Crippen LogP) is 3.81. The molecule has 8 nitrogen and oxygen atoms in total. The van der Waals surface area contributed by atoms with Crippen LogP contribution >= 0.6 is 11.3 Å². The molecule has 1 aromatic heterocycles. The molecule has 0 unspecified atom stereocenters. The van der Waals surface area contributed by atoms with Crippen LogP contribution in [0.2, 0.25) is 0 Å². The maximum atomic E-state index is 13.6. The van der Waals surface area contributed by atoms with Crippen molar-refractivity contribution in [2.75, 3.05) is 25.5 Å². The van der Waals surface area contributed by atoms with Crippen LogP contribution in [0.3, 0.4) is 0 Å². The summed E-state index contributed by atoms with van der Waals surface area (Å²) in [6, 6.07) is 10.7. The van der Waals surface area contributed by atoms with Gasteiger partial charge < -0.3 is 10.1 Å². The average Bonchev–Trinajstić information content (AvgIpc) is 3.32. The van der Waals surface area contributed by atoms with Crippen molar-refractivity contribution in [1.29, 1.82) is 0 Å². The minimum Gasteiger partial charge on any atom is -0.497 e. The second kappa shape index (κ2) is 9.54. The van der Waals surface area contributed by atoms with Gasteiger partial charge in [-0.05, 0) is 61.7 Å². The Balaban J connectivity index is 1.39. The first-order valence-electron chi connectivity index (χ1n) is 10.3. The zero-order valence-electron chi connectivity index (χ0n) is 18.1. The number of benzene rings is 2. The Bertz CT molecular complexity index is 1250. The third kappa shape index (κ3) is 5.05. The molecule has 4 rings (SSSR count). The number of hydrogen-bond acceptors (Lipinski definition) is 7. The van der Waals surface area contributed by atoms with Crippen molar-refractivity contribution in [3.8, 4) is 5.75 Å². The number of anilines is 1. The molecule has 11 heteroatoms. The van der Waals surface area contributed by atoms with E-state index in [1.807, 2.05) is 0 Å². The minimum absolute atomic E-state index is 0.00472. The van der Waals surface area contributed by atoms with Crippen LogP contribution in [-0.4, -0.2) is 49.0 Å². The van der Waals surface area contributed by atoms with Gasteiger partial charge in [-0.1, -0.05) is 17.4 Å². The van der Waals surface area contributed by atoms with Crippen molar-refractivity contribution in [3.05, 3.63) is 63.9 Å². The summed E-state index contributed by atoms with van der Waals surface area (Å²) in [6.07, 6.45) is 1.09. The molecule has 0 aliphatic carbocycles. The molecular weight excluding hydrogens is 467 g/mol. The summed E-state index contributed by atoms with van der Waals surface area (Å²) >= 11 is 1.21. The van der Waals surface area contributed by atoms with Crippen molar-refractivity contribution in [2.24, 2.45) is 0 Å². The average molecular weight is 491 g/mol. The molecule has 1 aliphatic heterocycles. The van der Waals surface area contributed by atoms with Gasteiger partial charge in [0.25, 0.3) is 5.91 Å². The number of carbonyl (C=O) groups excluding carboxylic acids is 1. The van der Waals surface area contributed by atoms with Crippen LogP contribution in [0, 0.1) is 12.7 Å². The molecule has 1 aliphatic rings. The number of piperidine rings is 1. The van der Waals surface area contributed by atoms with Crippen molar-refractivity contribution >= 4 is 33.0 Å². The Hall–Kier alpha value is -2.89. The number of rotatable bonds is 6. The largest absolute Gasteiger partial charge is 0.497 e. The molecule has 1 saturated heterocycles. The first kappa shape index (κ1) is 23.3. The first-order valence-corrected chi connectivity index (χ1v) is 12.6. The van der Waals surface area contributed by atoms with Crippen LogP contribution in [0.25, 0.3) is 0 Å². The first-order chi connectivity index (χ1) is 15.8. The van der Waals surface area contributed by atoms with Crippen molar-refractivity contribution in [1.82, 2.24) is 14.5 Å². The second-order valence-corrected chi connectivity index (χ2v) is 10.6. The normalized spacial score (nSPS) is 15.4. The smallest absolute Gasteiger partial charge is 0.286 e. The Morgan fingerprint density at radius 3 is 2.52 bits per heavy atom. The Labute approximate surface area is 195 Å². The van der Waals surface area contributed by atoms with E-state index in [9.17, 15) is 17.6 Å². The van der Waals surface area contributed by atoms with Crippen molar-refractivity contribution in [3.63, 3.8) is 0 Å². The van der Waals surface area contributed by atoms with Gasteiger partial charge in [-0.25, -0.2) is 12.8 Å². The van der Waals surface area contributed by atoms with Gasteiger partial charge in [-0.3, -0.25) is 4.79 Å². The van der Waals surface area contributed by atoms with Crippen molar-refractivity contribution < 1.29 is 22.3 Å². The summed E-state index contributed by atoms with van der Waals surface area (Å²) in [5.41, 5.74) is 1.12. The van der Waals surface area contributed by atoms with E-state index in [4.69, 9.17) is 4.74 Å². The number of sulfonamides is 1. The molecule has 2 heterocycles. The Morgan fingerprint density at radius 2 is 1.85 bits per heavy atom. The highest BCUT2D eigenvalue weighted by atomic mass is 32.2. The monoisotopic (exact) mass is 490 g/mol. The lowest BCUT2D eigenvalue weighted by atomic mass is 9.99. The van der Waals surface area contributed by atoms with Gasteiger partial charge in [0.15, 0.2) is 0 Å². The molecule has 1 fully saturated rings. The zero-order chi connectivity index (χ0) is 23.6. The molecule has 0 bridgehead atoms. The number of nitrogens with zero attached hydrogens (tertiary/aromatic N) is 3. The van der Waals surface area contributed by atoms with E-state index in [1.54, 1.807) is 38.3 Å². The molecule has 0 radical (unpaired) electrons. The maximum absolute atomic E-state index is 13.6. The molecule has 0 spiro atoms. The summed E-state index contributed by atoms with van der Waals surface area (Å²) in [7, 11) is -2.21.